The number of rotatable bonds is 5. The first-order valence-electron chi connectivity index (χ1n) is 6.14. The van der Waals surface area contributed by atoms with Crippen molar-refractivity contribution >= 4 is 28.3 Å². The summed E-state index contributed by atoms with van der Waals surface area (Å²) in [7, 11) is 0. The zero-order valence-electron chi connectivity index (χ0n) is 10.9. The van der Waals surface area contributed by atoms with Crippen molar-refractivity contribution in [2.45, 2.75) is 32.4 Å². The van der Waals surface area contributed by atoms with Crippen LogP contribution in [0.1, 0.15) is 25.2 Å². The van der Waals surface area contributed by atoms with Gasteiger partial charge in [0, 0.05) is 35.1 Å². The van der Waals surface area contributed by atoms with E-state index in [0.717, 1.165) is 21.5 Å². The van der Waals surface area contributed by atoms with Gasteiger partial charge in [-0.3, -0.25) is 0 Å². The summed E-state index contributed by atoms with van der Waals surface area (Å²) in [5, 5.41) is 4.81. The molecule has 0 radical (unpaired) electrons. The van der Waals surface area contributed by atoms with Crippen LogP contribution in [-0.4, -0.2) is 21.4 Å². The minimum Gasteiger partial charge on any atom is -0.356 e. The van der Waals surface area contributed by atoms with E-state index in [4.69, 9.17) is 17.3 Å². The van der Waals surface area contributed by atoms with Gasteiger partial charge in [-0.1, -0.05) is 23.7 Å². The van der Waals surface area contributed by atoms with Crippen LogP contribution in [0.5, 0.6) is 0 Å². The van der Waals surface area contributed by atoms with Gasteiger partial charge in [0.25, 0.3) is 0 Å². The monoisotopic (exact) mass is 296 g/mol. The van der Waals surface area contributed by atoms with Gasteiger partial charge < -0.3 is 11.1 Å². The Morgan fingerprint density at radius 3 is 2.63 bits per heavy atom. The van der Waals surface area contributed by atoms with Crippen LogP contribution >= 0.6 is 23.1 Å². The van der Waals surface area contributed by atoms with Gasteiger partial charge in [-0.2, -0.15) is 4.37 Å². The summed E-state index contributed by atoms with van der Waals surface area (Å²) in [5.41, 5.74) is 6.96. The van der Waals surface area contributed by atoms with Crippen molar-refractivity contribution in [1.82, 2.24) is 9.36 Å². The van der Waals surface area contributed by atoms with E-state index in [2.05, 4.69) is 14.7 Å². The van der Waals surface area contributed by atoms with Gasteiger partial charge in [-0.15, -0.1) is 0 Å². The zero-order valence-corrected chi connectivity index (χ0v) is 12.5. The number of halogens is 1. The maximum Gasteiger partial charge on any atom is 0.202 e. The second kappa shape index (κ2) is 6.32. The fourth-order valence-corrected chi connectivity index (χ4v) is 2.30. The maximum absolute atomic E-state index is 5.85. The predicted molar refractivity (Wildman–Crippen MR) is 80.9 cm³/mol. The molecule has 0 saturated heterocycles. The maximum atomic E-state index is 5.85. The van der Waals surface area contributed by atoms with Gasteiger partial charge in [0.1, 0.15) is 5.82 Å². The molecule has 1 aromatic heterocycles. The molecule has 2 rings (SSSR count). The first-order valence-corrected chi connectivity index (χ1v) is 7.29. The second-order valence-electron chi connectivity index (χ2n) is 4.61. The van der Waals surface area contributed by atoms with Gasteiger partial charge in [0.15, 0.2) is 0 Å². The molecule has 1 aromatic carbocycles. The van der Waals surface area contributed by atoms with Crippen LogP contribution in [0, 0.1) is 0 Å². The molecule has 19 heavy (non-hydrogen) atoms. The lowest BCUT2D eigenvalue weighted by molar-refractivity contribution is 0.638. The second-order valence-corrected chi connectivity index (χ2v) is 5.80. The highest BCUT2D eigenvalue weighted by Crippen LogP contribution is 2.17. The molecule has 2 atom stereocenters. The summed E-state index contributed by atoms with van der Waals surface area (Å²) >= 11 is 7.22. The molecular formula is C13H17ClN4S. The average Bonchev–Trinajstić information content (AvgIpc) is 2.79. The number of nitrogens with zero attached hydrogens (tertiary/aromatic N) is 2. The van der Waals surface area contributed by atoms with Crippen LogP contribution in [0.25, 0.3) is 0 Å². The minimum atomic E-state index is 0.0728. The Balaban J connectivity index is 1.99. The Bertz CT molecular complexity index is 524. The molecule has 2 unspecified atom stereocenters. The number of nitrogens with one attached hydrogen (secondary N) is 1. The average molecular weight is 297 g/mol. The third-order valence-corrected chi connectivity index (χ3v) is 3.82. The lowest BCUT2D eigenvalue weighted by Crippen LogP contribution is -2.35. The van der Waals surface area contributed by atoms with E-state index in [1.807, 2.05) is 38.1 Å². The zero-order chi connectivity index (χ0) is 13.8. The van der Waals surface area contributed by atoms with Crippen LogP contribution in [0.2, 0.25) is 5.02 Å². The lowest BCUT2D eigenvalue weighted by Gasteiger charge is -2.15. The van der Waals surface area contributed by atoms with Gasteiger partial charge in [0.05, 0.1) is 0 Å². The highest BCUT2D eigenvalue weighted by Gasteiger charge is 2.10. The summed E-state index contributed by atoms with van der Waals surface area (Å²) < 4.78 is 4.34. The normalized spacial score (nSPS) is 14.1. The van der Waals surface area contributed by atoms with Gasteiger partial charge in [-0.25, -0.2) is 4.98 Å². The smallest absolute Gasteiger partial charge is 0.202 e. The molecule has 0 bridgehead atoms. The van der Waals surface area contributed by atoms with Crippen molar-refractivity contribution in [2.24, 2.45) is 5.73 Å². The number of anilines is 1. The summed E-state index contributed by atoms with van der Waals surface area (Å²) in [6, 6.07) is 7.98. The molecule has 102 valence electrons. The first-order chi connectivity index (χ1) is 9.04. The topological polar surface area (TPSA) is 63.8 Å². The number of hydrogen-bond donors (Lipinski definition) is 2. The van der Waals surface area contributed by atoms with E-state index in [-0.39, 0.29) is 12.1 Å². The molecule has 0 amide bonds. The Kier molecular flexibility index (Phi) is 4.74. The molecular weight excluding hydrogens is 280 g/mol. The van der Waals surface area contributed by atoms with Crippen molar-refractivity contribution in [2.75, 3.05) is 5.32 Å². The Morgan fingerprint density at radius 2 is 2.00 bits per heavy atom. The summed E-state index contributed by atoms with van der Waals surface area (Å²) in [4.78, 5) is 4.46. The molecule has 0 fully saturated rings. The molecule has 3 N–H and O–H groups in total. The number of benzene rings is 1. The number of hydrogen-bond acceptors (Lipinski definition) is 5. The molecule has 0 aliphatic carbocycles. The Hall–Kier alpha value is -1.17. The molecule has 4 nitrogen and oxygen atoms in total. The third-order valence-electron chi connectivity index (χ3n) is 2.88. The van der Waals surface area contributed by atoms with Gasteiger partial charge >= 0.3 is 0 Å². The highest BCUT2D eigenvalue weighted by atomic mass is 35.5. The van der Waals surface area contributed by atoms with E-state index in [9.17, 15) is 0 Å². The van der Waals surface area contributed by atoms with E-state index >= 15 is 0 Å². The minimum absolute atomic E-state index is 0.0728. The van der Waals surface area contributed by atoms with Crippen LogP contribution < -0.4 is 11.1 Å². The molecule has 0 aliphatic rings. The molecule has 1 heterocycles. The third kappa shape index (κ3) is 4.16. The molecule has 0 aliphatic heterocycles. The highest BCUT2D eigenvalue weighted by molar-refractivity contribution is 7.09. The lowest BCUT2D eigenvalue weighted by atomic mass is 10.1. The van der Waals surface area contributed by atoms with Crippen molar-refractivity contribution in [3.05, 3.63) is 40.7 Å². The summed E-state index contributed by atoms with van der Waals surface area (Å²) in [6.45, 7) is 4.00. The first kappa shape index (κ1) is 14.2. The van der Waals surface area contributed by atoms with E-state index in [1.165, 1.54) is 11.5 Å². The number of nitrogens with two attached hydrogens (primary N) is 1. The van der Waals surface area contributed by atoms with E-state index in [1.54, 1.807) is 0 Å². The molecule has 2 aromatic rings. The van der Waals surface area contributed by atoms with Crippen molar-refractivity contribution in [3.8, 4) is 0 Å². The van der Waals surface area contributed by atoms with Crippen LogP contribution in [0.15, 0.2) is 24.3 Å². The SMILES string of the molecule is CC(N)C(C)Nc1nc(Cc2ccc(Cl)cc2)ns1. The van der Waals surface area contributed by atoms with E-state index in [0.29, 0.717) is 6.42 Å². The standard InChI is InChI=1S/C13H17ClN4S/c1-8(15)9(2)16-13-17-12(18-19-13)7-10-3-5-11(14)6-4-10/h3-6,8-9H,7,15H2,1-2H3,(H,16,17,18). The van der Waals surface area contributed by atoms with Crippen LogP contribution in [0.4, 0.5) is 5.13 Å². The van der Waals surface area contributed by atoms with Crippen LogP contribution in [-0.2, 0) is 6.42 Å². The molecule has 6 heteroatoms. The van der Waals surface area contributed by atoms with Crippen molar-refractivity contribution < 1.29 is 0 Å². The quantitative estimate of drug-likeness (QED) is 0.890. The molecule has 0 saturated carbocycles. The largest absolute Gasteiger partial charge is 0.356 e. The van der Waals surface area contributed by atoms with Gasteiger partial charge in [-0.05, 0) is 31.5 Å². The Labute approximate surface area is 122 Å². The van der Waals surface area contributed by atoms with Crippen molar-refractivity contribution in [3.63, 3.8) is 0 Å². The predicted octanol–water partition coefficient (Wildman–Crippen LogP) is 2.93. The van der Waals surface area contributed by atoms with Crippen LogP contribution in [0.3, 0.4) is 0 Å². The fraction of sp³-hybridized carbons (Fsp3) is 0.385. The van der Waals surface area contributed by atoms with Gasteiger partial charge in [0.2, 0.25) is 5.13 Å². The number of aromatic nitrogens is 2. The fourth-order valence-electron chi connectivity index (χ4n) is 1.50. The van der Waals surface area contributed by atoms with Crippen molar-refractivity contribution in [1.29, 1.82) is 0 Å². The Morgan fingerprint density at radius 1 is 1.32 bits per heavy atom. The molecule has 0 spiro atoms. The van der Waals surface area contributed by atoms with E-state index < -0.39 is 0 Å². The summed E-state index contributed by atoms with van der Waals surface area (Å²) in [6.07, 6.45) is 0.710. The summed E-state index contributed by atoms with van der Waals surface area (Å²) in [5.74, 6) is 0.812.